The van der Waals surface area contributed by atoms with E-state index in [1.54, 1.807) is 18.3 Å². The topological polar surface area (TPSA) is 28.2 Å². The lowest BCUT2D eigenvalue weighted by Crippen LogP contribution is -2.41. The molecule has 0 unspecified atom stereocenters. The number of benzene rings is 1. The van der Waals surface area contributed by atoms with Crippen molar-refractivity contribution in [3.63, 3.8) is 0 Å². The summed E-state index contributed by atoms with van der Waals surface area (Å²) in [4.78, 5) is 5.14. The van der Waals surface area contributed by atoms with Crippen molar-refractivity contribution in [3.8, 4) is 10.4 Å². The third kappa shape index (κ3) is 3.61. The Kier molecular flexibility index (Phi) is 4.85. The van der Waals surface area contributed by atoms with Crippen LogP contribution in [0.4, 0.5) is 4.39 Å². The molecule has 1 fully saturated rings. The van der Waals surface area contributed by atoms with Gasteiger partial charge in [-0.05, 0) is 25.0 Å². The smallest absolute Gasteiger partial charge is 0.133 e. The van der Waals surface area contributed by atoms with Crippen LogP contribution in [0.15, 0.2) is 24.4 Å². The van der Waals surface area contributed by atoms with Gasteiger partial charge in [-0.25, -0.2) is 19.8 Å². The molecule has 21 heavy (non-hydrogen) atoms. The van der Waals surface area contributed by atoms with E-state index < -0.39 is 0 Å². The van der Waals surface area contributed by atoms with Gasteiger partial charge in [0.25, 0.3) is 0 Å². The molecule has 0 saturated carbocycles. The second kappa shape index (κ2) is 6.83. The first-order valence-electron chi connectivity index (χ1n) is 7.11. The van der Waals surface area contributed by atoms with E-state index in [0.29, 0.717) is 17.1 Å². The van der Waals surface area contributed by atoms with Gasteiger partial charge in [0.1, 0.15) is 10.8 Å². The molecule has 0 amide bonds. The Labute approximate surface area is 132 Å². The molecule has 0 spiro atoms. The summed E-state index contributed by atoms with van der Waals surface area (Å²) in [5.41, 5.74) is 3.83. The highest BCUT2D eigenvalue weighted by atomic mass is 35.5. The second-order valence-corrected chi connectivity index (χ2v) is 6.62. The molecule has 1 N–H and O–H groups in total. The largest absolute Gasteiger partial charge is 0.248 e. The number of hydrazine groups is 1. The van der Waals surface area contributed by atoms with Gasteiger partial charge in [0.05, 0.1) is 16.4 Å². The normalized spacial score (nSPS) is 16.3. The first-order valence-corrected chi connectivity index (χ1v) is 8.31. The highest BCUT2D eigenvalue weighted by Crippen LogP contribution is 2.34. The molecule has 2 aromatic rings. The molecule has 1 aromatic heterocycles. The quantitative estimate of drug-likeness (QED) is 0.917. The van der Waals surface area contributed by atoms with Crippen LogP contribution < -0.4 is 5.43 Å². The second-order valence-electron chi connectivity index (χ2n) is 5.10. The third-order valence-corrected chi connectivity index (χ3v) is 4.90. The number of aromatic nitrogens is 1. The Morgan fingerprint density at radius 1 is 1.29 bits per heavy atom. The molecule has 1 saturated heterocycles. The number of rotatable bonds is 4. The lowest BCUT2D eigenvalue weighted by atomic mass is 10.2. The fourth-order valence-electron chi connectivity index (χ4n) is 2.47. The van der Waals surface area contributed by atoms with Crippen LogP contribution in [0.25, 0.3) is 10.4 Å². The van der Waals surface area contributed by atoms with Gasteiger partial charge in [-0.15, -0.1) is 11.3 Å². The number of piperidine rings is 1. The maximum Gasteiger partial charge on any atom is 0.133 e. The van der Waals surface area contributed by atoms with Crippen molar-refractivity contribution in [1.82, 2.24) is 15.4 Å². The molecule has 1 aliphatic rings. The van der Waals surface area contributed by atoms with Gasteiger partial charge >= 0.3 is 0 Å². The number of hydrogen-bond acceptors (Lipinski definition) is 4. The van der Waals surface area contributed by atoms with Gasteiger partial charge in [-0.3, -0.25) is 0 Å². The van der Waals surface area contributed by atoms with E-state index in [-0.39, 0.29) is 5.82 Å². The highest BCUT2D eigenvalue weighted by molar-refractivity contribution is 7.15. The lowest BCUT2D eigenvalue weighted by molar-refractivity contribution is 0.151. The minimum absolute atomic E-state index is 0.304. The van der Waals surface area contributed by atoms with Crippen LogP contribution in [-0.2, 0) is 6.54 Å². The fourth-order valence-corrected chi connectivity index (χ4v) is 3.70. The minimum Gasteiger partial charge on any atom is -0.248 e. The number of hydrogen-bond donors (Lipinski definition) is 1. The van der Waals surface area contributed by atoms with Crippen LogP contribution in [0, 0.1) is 5.82 Å². The zero-order valence-electron chi connectivity index (χ0n) is 11.6. The van der Waals surface area contributed by atoms with E-state index in [2.05, 4.69) is 15.4 Å². The zero-order chi connectivity index (χ0) is 14.7. The van der Waals surface area contributed by atoms with Crippen molar-refractivity contribution in [2.24, 2.45) is 0 Å². The summed E-state index contributed by atoms with van der Waals surface area (Å²) < 4.78 is 13.9. The predicted octanol–water partition coefficient (Wildman–Crippen LogP) is 4.09. The molecule has 2 heterocycles. The van der Waals surface area contributed by atoms with Gasteiger partial charge in [0.2, 0.25) is 0 Å². The van der Waals surface area contributed by atoms with E-state index in [1.807, 2.05) is 0 Å². The molecule has 112 valence electrons. The maximum absolute atomic E-state index is 13.9. The van der Waals surface area contributed by atoms with Crippen LogP contribution in [0.2, 0.25) is 5.02 Å². The average Bonchev–Trinajstić information content (AvgIpc) is 2.95. The number of thiazole rings is 1. The van der Waals surface area contributed by atoms with Crippen LogP contribution >= 0.6 is 22.9 Å². The van der Waals surface area contributed by atoms with Gasteiger partial charge in [-0.1, -0.05) is 24.1 Å². The summed E-state index contributed by atoms with van der Waals surface area (Å²) >= 11 is 7.57. The Balaban J connectivity index is 1.68. The van der Waals surface area contributed by atoms with Gasteiger partial charge in [0, 0.05) is 24.8 Å². The summed E-state index contributed by atoms with van der Waals surface area (Å²) in [6, 6.07) is 4.74. The van der Waals surface area contributed by atoms with E-state index in [1.165, 1.54) is 36.7 Å². The maximum atomic E-state index is 13.9. The Morgan fingerprint density at radius 2 is 2.10 bits per heavy atom. The first kappa shape index (κ1) is 14.9. The van der Waals surface area contributed by atoms with Gasteiger partial charge < -0.3 is 0 Å². The Hall–Kier alpha value is -1.01. The van der Waals surface area contributed by atoms with Crippen molar-refractivity contribution >= 4 is 22.9 Å². The predicted molar refractivity (Wildman–Crippen MR) is 84.8 cm³/mol. The fraction of sp³-hybridized carbons (Fsp3) is 0.400. The van der Waals surface area contributed by atoms with Crippen molar-refractivity contribution in [2.45, 2.75) is 25.8 Å². The molecule has 0 radical (unpaired) electrons. The molecule has 1 aromatic carbocycles. The molecule has 1 aliphatic heterocycles. The minimum atomic E-state index is -0.304. The molecule has 3 nitrogen and oxygen atoms in total. The Bertz CT molecular complexity index is 590. The zero-order valence-corrected chi connectivity index (χ0v) is 13.2. The van der Waals surface area contributed by atoms with Crippen LogP contribution in [0.3, 0.4) is 0 Å². The van der Waals surface area contributed by atoms with Crippen molar-refractivity contribution < 1.29 is 4.39 Å². The summed E-state index contributed by atoms with van der Waals surface area (Å²) in [5, 5.41) is 3.60. The van der Waals surface area contributed by atoms with Gasteiger partial charge in [-0.2, -0.15) is 0 Å². The van der Waals surface area contributed by atoms with Gasteiger partial charge in [0.15, 0.2) is 0 Å². The highest BCUT2D eigenvalue weighted by Gasteiger charge is 2.14. The Morgan fingerprint density at radius 3 is 2.86 bits per heavy atom. The SMILES string of the molecule is Fc1cccc(Cl)c1-c1cnc(CNN2CCCCC2)s1. The summed E-state index contributed by atoms with van der Waals surface area (Å²) in [7, 11) is 0. The van der Waals surface area contributed by atoms with Crippen LogP contribution in [0.1, 0.15) is 24.3 Å². The van der Waals surface area contributed by atoms with Crippen molar-refractivity contribution in [2.75, 3.05) is 13.1 Å². The monoisotopic (exact) mass is 325 g/mol. The van der Waals surface area contributed by atoms with E-state index in [0.717, 1.165) is 23.0 Å². The van der Waals surface area contributed by atoms with Crippen molar-refractivity contribution in [1.29, 1.82) is 0 Å². The van der Waals surface area contributed by atoms with Crippen molar-refractivity contribution in [3.05, 3.63) is 40.2 Å². The number of halogens is 2. The summed E-state index contributed by atoms with van der Waals surface area (Å²) in [6.07, 6.45) is 5.48. The van der Waals surface area contributed by atoms with Crippen LogP contribution in [0.5, 0.6) is 0 Å². The molecular weight excluding hydrogens is 309 g/mol. The first-order chi connectivity index (χ1) is 10.2. The number of nitrogens with one attached hydrogen (secondary N) is 1. The number of nitrogens with zero attached hydrogens (tertiary/aromatic N) is 2. The molecule has 6 heteroatoms. The third-order valence-electron chi connectivity index (χ3n) is 3.57. The summed E-state index contributed by atoms with van der Waals surface area (Å²) in [5.74, 6) is -0.304. The molecule has 0 bridgehead atoms. The van der Waals surface area contributed by atoms with E-state index in [4.69, 9.17) is 11.6 Å². The standard InChI is InChI=1S/C15H17ClFN3S/c16-11-5-4-6-12(17)15(11)13-9-18-14(21-13)10-19-20-7-2-1-3-8-20/h4-6,9,19H,1-3,7-8,10H2. The molecular formula is C15H17ClFN3S. The summed E-state index contributed by atoms with van der Waals surface area (Å²) in [6.45, 7) is 2.84. The molecule has 0 aliphatic carbocycles. The van der Waals surface area contributed by atoms with E-state index >= 15 is 0 Å². The average molecular weight is 326 g/mol. The molecule has 0 atom stereocenters. The lowest BCUT2D eigenvalue weighted by Gasteiger charge is -2.26. The molecule has 3 rings (SSSR count). The van der Waals surface area contributed by atoms with Crippen LogP contribution in [-0.4, -0.2) is 23.1 Å². The van der Waals surface area contributed by atoms with E-state index in [9.17, 15) is 4.39 Å².